The first-order chi connectivity index (χ1) is 37.0. The van der Waals surface area contributed by atoms with Gasteiger partial charge in [-0.15, -0.1) is 23.5 Å². The highest BCUT2D eigenvalue weighted by molar-refractivity contribution is 8.76. The molecule has 22 heteroatoms. The predicted molar refractivity (Wildman–Crippen MR) is 309 cm³/mol. The van der Waals surface area contributed by atoms with E-state index in [1.165, 1.54) is 99.9 Å². The summed E-state index contributed by atoms with van der Waals surface area (Å²) in [6.45, 7) is 10.2. The molecule has 4 amide bonds. The predicted octanol–water partition coefficient (Wildman–Crippen LogP) is 9.31. The Hall–Kier alpha value is -6.10. The molecule has 2 aliphatic carbocycles. The van der Waals surface area contributed by atoms with Gasteiger partial charge in [0.15, 0.2) is 33.9 Å². The van der Waals surface area contributed by atoms with Crippen LogP contribution in [0.25, 0.3) is 22.3 Å². The molecule has 0 bridgehead atoms. The van der Waals surface area contributed by atoms with E-state index in [1.807, 2.05) is 36.8 Å². The van der Waals surface area contributed by atoms with Crippen LogP contribution in [0.5, 0.6) is 34.5 Å². The normalized spacial score (nSPS) is 15.4. The molecular weight excluding hydrogens is 1080 g/mol. The van der Waals surface area contributed by atoms with Gasteiger partial charge in [0.2, 0.25) is 23.3 Å². The number of alkyl carbamates (subject to hydrolysis) is 2. The number of hydrogen-bond acceptors (Lipinski definition) is 18. The van der Waals surface area contributed by atoms with Gasteiger partial charge in [0, 0.05) is 22.6 Å². The van der Waals surface area contributed by atoms with Crippen molar-refractivity contribution < 1.29 is 57.1 Å². The van der Waals surface area contributed by atoms with E-state index >= 15 is 0 Å². The second-order valence-electron chi connectivity index (χ2n) is 20.1. The van der Waals surface area contributed by atoms with Crippen molar-refractivity contribution in [1.29, 1.82) is 0 Å². The zero-order chi connectivity index (χ0) is 57.2. The number of amides is 4. The van der Waals surface area contributed by atoms with Crippen LogP contribution >= 0.6 is 45.1 Å². The molecule has 4 aromatic rings. The first-order valence-corrected chi connectivity index (χ1v) is 29.9. The number of fused-ring (bicyclic) bond motifs is 6. The Bertz CT molecular complexity index is 2820. The van der Waals surface area contributed by atoms with Gasteiger partial charge in [0.05, 0.1) is 64.5 Å². The molecule has 0 aromatic heterocycles. The summed E-state index contributed by atoms with van der Waals surface area (Å²) >= 11 is 2.59. The molecule has 4 atom stereocenters. The van der Waals surface area contributed by atoms with Crippen LogP contribution in [0.1, 0.15) is 88.7 Å². The molecule has 0 unspecified atom stereocenters. The van der Waals surface area contributed by atoms with Crippen LogP contribution in [0.15, 0.2) is 67.9 Å². The lowest BCUT2D eigenvalue weighted by Crippen LogP contribution is -2.51. The van der Waals surface area contributed by atoms with Crippen molar-refractivity contribution in [3.63, 3.8) is 0 Å². The van der Waals surface area contributed by atoms with E-state index in [4.69, 9.17) is 37.9 Å². The van der Waals surface area contributed by atoms with Gasteiger partial charge >= 0.3 is 12.2 Å². The number of methoxy groups -OCH3 is 6. The lowest BCUT2D eigenvalue weighted by Gasteiger charge is -2.26. The standard InChI is InChI=1S/C56H70N4O14S4/c1-55(2,3)73-53(65)59-37(51(63)57-35-19-15-29-23-41(67-7)47(69-9)49(71-11)45(29)31-17-21-43(75-13)39(61)25-33(31)35)27-77-78-28-38(60-54(66)74-56(4,5)6)52(64)58-36-20-16-30-24-42(68-8)48(70-10)50(72-12)46(30)32-18-22-44(76-14)40(62)26-34(32)36/h17-18,21-26,35-38H,15-16,19-20,27-28H2,1-14H3,(H,57,63)(H,58,64)(H,59,65)(H,60,66)/t35-,36-,37-,38-/m0/s1. The first kappa shape index (κ1) is 61.1. The average molecular weight is 1150 g/mol. The molecule has 0 heterocycles. The Morgan fingerprint density at radius 1 is 0.538 bits per heavy atom. The van der Waals surface area contributed by atoms with Crippen molar-refractivity contribution in [3.05, 3.63) is 91.2 Å². The van der Waals surface area contributed by atoms with Crippen molar-refractivity contribution in [2.24, 2.45) is 0 Å². The van der Waals surface area contributed by atoms with Gasteiger partial charge < -0.3 is 59.2 Å². The molecule has 4 N–H and O–H groups in total. The zero-order valence-electron chi connectivity index (χ0n) is 46.5. The number of carbonyl (C=O) groups is 4. The molecule has 4 aromatic carbocycles. The van der Waals surface area contributed by atoms with Gasteiger partial charge in [-0.2, -0.15) is 0 Å². The minimum absolute atomic E-state index is 0.0336. The zero-order valence-corrected chi connectivity index (χ0v) is 49.8. The second kappa shape index (κ2) is 26.7. The summed E-state index contributed by atoms with van der Waals surface area (Å²) in [5.41, 5.74) is 3.07. The quantitative estimate of drug-likeness (QED) is 0.0390. The largest absolute Gasteiger partial charge is 0.493 e. The van der Waals surface area contributed by atoms with Crippen LogP contribution < -0.4 is 60.5 Å². The van der Waals surface area contributed by atoms with E-state index in [9.17, 15) is 28.8 Å². The van der Waals surface area contributed by atoms with Crippen LogP contribution in [-0.4, -0.2) is 114 Å². The molecule has 0 spiro atoms. The minimum atomic E-state index is -1.20. The van der Waals surface area contributed by atoms with E-state index in [-0.39, 0.29) is 22.4 Å². The molecule has 0 aliphatic heterocycles. The fourth-order valence-electron chi connectivity index (χ4n) is 9.28. The highest BCUT2D eigenvalue weighted by Gasteiger charge is 2.35. The number of benzene rings is 2. The molecule has 0 saturated heterocycles. The summed E-state index contributed by atoms with van der Waals surface area (Å²) in [5, 5.41) is 11.8. The Morgan fingerprint density at radius 3 is 1.21 bits per heavy atom. The maximum atomic E-state index is 14.7. The number of nitrogens with one attached hydrogen (secondary N) is 4. The first-order valence-electron chi connectivity index (χ1n) is 25.0. The summed E-state index contributed by atoms with van der Waals surface area (Å²) in [4.78, 5) is 84.9. The van der Waals surface area contributed by atoms with Gasteiger partial charge in [-0.3, -0.25) is 19.2 Å². The number of carbonyl (C=O) groups excluding carboxylic acids is 4. The minimum Gasteiger partial charge on any atom is -0.493 e. The van der Waals surface area contributed by atoms with E-state index in [1.54, 1.807) is 53.7 Å². The SMILES string of the molecule is COc1cc2c(c(OC)c1OC)-c1ccc(SC)c(=O)cc1[C@@H](NC(=O)[C@H](CSSC[C@H](NC(=O)OC(C)(C)C)C(=O)N[C@H]1CCc3cc(OC)c(OC)c(OC)c3-c3ccc(SC)c(=O)cc31)NC(=O)OC(C)(C)C)CC2. The fourth-order valence-corrected chi connectivity index (χ4v) is 12.5. The monoisotopic (exact) mass is 1150 g/mol. The molecule has 0 radical (unpaired) electrons. The van der Waals surface area contributed by atoms with Crippen molar-refractivity contribution >= 4 is 69.1 Å². The van der Waals surface area contributed by atoms with E-state index in [0.29, 0.717) is 103 Å². The Kier molecular flexibility index (Phi) is 20.9. The third-order valence-electron chi connectivity index (χ3n) is 12.6. The van der Waals surface area contributed by atoms with Crippen LogP contribution in [0.3, 0.4) is 0 Å². The maximum absolute atomic E-state index is 14.7. The maximum Gasteiger partial charge on any atom is 0.408 e. The van der Waals surface area contributed by atoms with Crippen LogP contribution in [0.4, 0.5) is 9.59 Å². The topological polar surface area (TPSA) is 224 Å². The van der Waals surface area contributed by atoms with E-state index < -0.39 is 59.4 Å². The summed E-state index contributed by atoms with van der Waals surface area (Å²) in [5.74, 6) is 1.22. The van der Waals surface area contributed by atoms with Gasteiger partial charge in [0.25, 0.3) is 0 Å². The van der Waals surface area contributed by atoms with Crippen molar-refractivity contribution in [2.45, 2.75) is 112 Å². The van der Waals surface area contributed by atoms with E-state index in [0.717, 1.165) is 11.1 Å². The summed E-state index contributed by atoms with van der Waals surface area (Å²) in [6, 6.07) is 10.1. The summed E-state index contributed by atoms with van der Waals surface area (Å²) in [6.07, 6.45) is 3.48. The molecule has 0 fully saturated rings. The molecule has 6 rings (SSSR count). The van der Waals surface area contributed by atoms with E-state index in [2.05, 4.69) is 21.3 Å². The highest BCUT2D eigenvalue weighted by atomic mass is 33.1. The fraction of sp³-hybridized carbons (Fsp3) is 0.464. The number of rotatable bonds is 19. The Balaban J connectivity index is 1.31. The lowest BCUT2D eigenvalue weighted by atomic mass is 9.95. The lowest BCUT2D eigenvalue weighted by molar-refractivity contribution is -0.124. The molecule has 0 saturated carbocycles. The average Bonchev–Trinajstić information content (AvgIpc) is 3.83. The Morgan fingerprint density at radius 2 is 0.897 bits per heavy atom. The van der Waals surface area contributed by atoms with Crippen LogP contribution in [0, 0.1) is 0 Å². The summed E-state index contributed by atoms with van der Waals surface area (Å²) < 4.78 is 46.1. The number of ether oxygens (including phenoxy) is 8. The molecule has 78 heavy (non-hydrogen) atoms. The molecule has 2 aliphatic rings. The number of thioether (sulfide) groups is 2. The van der Waals surface area contributed by atoms with Crippen molar-refractivity contribution in [2.75, 3.05) is 66.7 Å². The third-order valence-corrected chi connectivity index (χ3v) is 16.6. The van der Waals surface area contributed by atoms with Gasteiger partial charge in [-0.1, -0.05) is 33.7 Å². The van der Waals surface area contributed by atoms with Gasteiger partial charge in [-0.05, 0) is 150 Å². The highest BCUT2D eigenvalue weighted by Crippen LogP contribution is 2.52. The molecular formula is C56H70N4O14S4. The van der Waals surface area contributed by atoms with Crippen molar-refractivity contribution in [3.8, 4) is 56.8 Å². The third kappa shape index (κ3) is 14.6. The van der Waals surface area contributed by atoms with Crippen molar-refractivity contribution in [1.82, 2.24) is 21.3 Å². The number of aryl methyl sites for hydroxylation is 2. The second-order valence-corrected chi connectivity index (χ2v) is 24.3. The number of hydrogen-bond donors (Lipinski definition) is 4. The molecule has 18 nitrogen and oxygen atoms in total. The molecule has 422 valence electrons. The summed E-state index contributed by atoms with van der Waals surface area (Å²) in [7, 11) is 11.5. The van der Waals surface area contributed by atoms with Gasteiger partial charge in [-0.25, -0.2) is 9.59 Å². The van der Waals surface area contributed by atoms with Crippen LogP contribution in [-0.2, 0) is 31.9 Å². The Labute approximate surface area is 472 Å². The van der Waals surface area contributed by atoms with Gasteiger partial charge in [0.1, 0.15) is 23.3 Å². The van der Waals surface area contributed by atoms with Crippen LogP contribution in [0.2, 0.25) is 0 Å². The smallest absolute Gasteiger partial charge is 0.408 e.